The van der Waals surface area contributed by atoms with Gasteiger partial charge in [0, 0.05) is 6.54 Å². The Bertz CT molecular complexity index is 672. The van der Waals surface area contributed by atoms with Crippen LogP contribution in [0.4, 0.5) is 5.82 Å². The van der Waals surface area contributed by atoms with Crippen molar-refractivity contribution in [3.05, 3.63) is 42.4 Å². The second-order valence-corrected chi connectivity index (χ2v) is 6.18. The van der Waals surface area contributed by atoms with Crippen LogP contribution in [0, 0.1) is 5.92 Å². The van der Waals surface area contributed by atoms with Gasteiger partial charge in [0.15, 0.2) is 0 Å². The minimum absolute atomic E-state index is 0.274. The highest BCUT2D eigenvalue weighted by atomic mass is 16.5. The summed E-state index contributed by atoms with van der Waals surface area (Å²) in [5, 5.41) is 5.94. The molecule has 0 aliphatic carbocycles. The molecule has 0 fully saturated rings. The second-order valence-electron chi connectivity index (χ2n) is 6.18. The van der Waals surface area contributed by atoms with Crippen molar-refractivity contribution in [2.24, 2.45) is 5.92 Å². The molecule has 26 heavy (non-hydrogen) atoms. The predicted octanol–water partition coefficient (Wildman–Crippen LogP) is 2.75. The average Bonchev–Trinajstić information content (AvgIpc) is 2.66. The first kappa shape index (κ1) is 19.5. The lowest BCUT2D eigenvalue weighted by Crippen LogP contribution is -2.29. The number of nitrogens with zero attached hydrogens (tertiary/aromatic N) is 2. The lowest BCUT2D eigenvalue weighted by molar-refractivity contribution is 0.0941. The van der Waals surface area contributed by atoms with E-state index < -0.39 is 0 Å². The maximum absolute atomic E-state index is 12.0. The number of hydrogen-bond donors (Lipinski definition) is 2. The number of methoxy groups -OCH3 is 1. The number of hydrogen-bond acceptors (Lipinski definition) is 6. The molecule has 1 heterocycles. The predicted molar refractivity (Wildman–Crippen MR) is 101 cm³/mol. The third kappa shape index (κ3) is 6.58. The fourth-order valence-electron chi connectivity index (χ4n) is 2.12. The molecule has 0 saturated heterocycles. The van der Waals surface area contributed by atoms with Crippen molar-refractivity contribution in [2.75, 3.05) is 32.1 Å². The van der Waals surface area contributed by atoms with E-state index in [-0.39, 0.29) is 11.6 Å². The van der Waals surface area contributed by atoms with Crippen LogP contribution in [0.25, 0.3) is 0 Å². The van der Waals surface area contributed by atoms with Crippen LogP contribution in [-0.4, -0.2) is 42.7 Å². The number of aromatic nitrogens is 2. The minimum Gasteiger partial charge on any atom is -0.497 e. The third-order valence-corrected chi connectivity index (χ3v) is 3.63. The molecule has 7 nitrogen and oxygen atoms in total. The monoisotopic (exact) mass is 358 g/mol. The first-order valence-electron chi connectivity index (χ1n) is 8.69. The summed E-state index contributed by atoms with van der Waals surface area (Å²) >= 11 is 0. The summed E-state index contributed by atoms with van der Waals surface area (Å²) in [5.74, 6) is 2.51. The van der Waals surface area contributed by atoms with E-state index in [0.29, 0.717) is 24.9 Å². The minimum atomic E-state index is -0.274. The van der Waals surface area contributed by atoms with Crippen molar-refractivity contribution < 1.29 is 14.3 Å². The van der Waals surface area contributed by atoms with Crippen molar-refractivity contribution in [3.8, 4) is 11.5 Å². The molecular formula is C19H26N4O3. The number of rotatable bonds is 10. The van der Waals surface area contributed by atoms with Gasteiger partial charge in [0.2, 0.25) is 0 Å². The van der Waals surface area contributed by atoms with Crippen LogP contribution in [0.5, 0.6) is 11.5 Å². The largest absolute Gasteiger partial charge is 0.497 e. The number of ether oxygens (including phenoxy) is 2. The molecule has 140 valence electrons. The molecular weight excluding hydrogens is 332 g/mol. The van der Waals surface area contributed by atoms with Crippen molar-refractivity contribution in [3.63, 3.8) is 0 Å². The summed E-state index contributed by atoms with van der Waals surface area (Å²) in [4.78, 5) is 20.4. The van der Waals surface area contributed by atoms with Gasteiger partial charge < -0.3 is 20.1 Å². The molecule has 0 unspecified atom stereocenters. The first-order chi connectivity index (χ1) is 12.6. The molecule has 0 aliphatic rings. The second kappa shape index (κ2) is 10.2. The number of amides is 1. The molecule has 7 heteroatoms. The molecule has 1 aromatic heterocycles. The molecule has 2 N–H and O–H groups in total. The Balaban J connectivity index is 1.70. The SMILES string of the molecule is COc1ccc(OCCNC(=O)c2cnc(NCCC(C)C)cn2)cc1. The van der Waals surface area contributed by atoms with E-state index in [1.807, 2.05) is 24.3 Å². The summed E-state index contributed by atoms with van der Waals surface area (Å²) in [5.41, 5.74) is 0.281. The fourth-order valence-corrected chi connectivity index (χ4v) is 2.12. The van der Waals surface area contributed by atoms with Crippen LogP contribution in [0.3, 0.4) is 0 Å². The van der Waals surface area contributed by atoms with Gasteiger partial charge >= 0.3 is 0 Å². The van der Waals surface area contributed by atoms with Crippen molar-refractivity contribution in [1.82, 2.24) is 15.3 Å². The van der Waals surface area contributed by atoms with Crippen LogP contribution in [0.2, 0.25) is 0 Å². The van der Waals surface area contributed by atoms with E-state index in [4.69, 9.17) is 9.47 Å². The topological polar surface area (TPSA) is 85.4 Å². The van der Waals surface area contributed by atoms with E-state index in [9.17, 15) is 4.79 Å². The molecule has 0 atom stereocenters. The molecule has 0 spiro atoms. The van der Waals surface area contributed by atoms with Crippen LogP contribution in [-0.2, 0) is 0 Å². The van der Waals surface area contributed by atoms with Gasteiger partial charge in [-0.1, -0.05) is 13.8 Å². The average molecular weight is 358 g/mol. The van der Waals surface area contributed by atoms with E-state index in [1.165, 1.54) is 6.20 Å². The Morgan fingerprint density at radius 3 is 2.42 bits per heavy atom. The zero-order chi connectivity index (χ0) is 18.8. The van der Waals surface area contributed by atoms with E-state index >= 15 is 0 Å². The molecule has 0 bridgehead atoms. The Labute approximate surface area is 154 Å². The molecule has 0 radical (unpaired) electrons. The van der Waals surface area contributed by atoms with Crippen LogP contribution in [0.15, 0.2) is 36.7 Å². The summed E-state index contributed by atoms with van der Waals surface area (Å²) in [6, 6.07) is 7.27. The zero-order valence-electron chi connectivity index (χ0n) is 15.5. The zero-order valence-corrected chi connectivity index (χ0v) is 15.5. The van der Waals surface area contributed by atoms with Crippen molar-refractivity contribution >= 4 is 11.7 Å². The van der Waals surface area contributed by atoms with Crippen LogP contribution in [0.1, 0.15) is 30.8 Å². The summed E-state index contributed by atoms with van der Waals surface area (Å²) in [6.07, 6.45) is 4.10. The Hall–Kier alpha value is -2.83. The lowest BCUT2D eigenvalue weighted by atomic mass is 10.1. The number of anilines is 1. The standard InChI is InChI=1S/C19H26N4O3/c1-14(2)8-9-20-18-13-22-17(12-23-18)19(24)21-10-11-26-16-6-4-15(25-3)5-7-16/h4-7,12-14H,8-11H2,1-3H3,(H,20,23)(H,21,24). The molecule has 0 aliphatic heterocycles. The molecule has 2 aromatic rings. The van der Waals surface area contributed by atoms with E-state index in [2.05, 4.69) is 34.4 Å². The Morgan fingerprint density at radius 1 is 1.08 bits per heavy atom. The number of nitrogens with one attached hydrogen (secondary N) is 2. The quantitative estimate of drug-likeness (QED) is 0.635. The fraction of sp³-hybridized carbons (Fsp3) is 0.421. The first-order valence-corrected chi connectivity index (χ1v) is 8.69. The van der Waals surface area contributed by atoms with E-state index in [0.717, 1.165) is 24.5 Å². The van der Waals surface area contributed by atoms with Gasteiger partial charge in [0.05, 0.1) is 26.0 Å². The molecule has 2 rings (SSSR count). The van der Waals surface area contributed by atoms with Gasteiger partial charge in [-0.2, -0.15) is 0 Å². The van der Waals surface area contributed by atoms with Crippen LogP contribution < -0.4 is 20.1 Å². The number of benzene rings is 1. The maximum Gasteiger partial charge on any atom is 0.271 e. The third-order valence-electron chi connectivity index (χ3n) is 3.63. The van der Waals surface area contributed by atoms with Gasteiger partial charge in [0.1, 0.15) is 29.6 Å². The van der Waals surface area contributed by atoms with Gasteiger partial charge in [-0.25, -0.2) is 9.97 Å². The van der Waals surface area contributed by atoms with Crippen molar-refractivity contribution in [2.45, 2.75) is 20.3 Å². The smallest absolute Gasteiger partial charge is 0.271 e. The van der Waals surface area contributed by atoms with Gasteiger partial charge in [-0.3, -0.25) is 4.79 Å². The van der Waals surface area contributed by atoms with Crippen LogP contribution >= 0.6 is 0 Å². The van der Waals surface area contributed by atoms with Gasteiger partial charge in [-0.05, 0) is 36.6 Å². The highest BCUT2D eigenvalue weighted by Crippen LogP contribution is 2.16. The number of carbonyl (C=O) groups excluding carboxylic acids is 1. The number of carbonyl (C=O) groups is 1. The normalized spacial score (nSPS) is 10.5. The molecule has 0 saturated carbocycles. The summed E-state index contributed by atoms with van der Waals surface area (Å²) < 4.78 is 10.6. The van der Waals surface area contributed by atoms with Crippen molar-refractivity contribution in [1.29, 1.82) is 0 Å². The summed E-state index contributed by atoms with van der Waals surface area (Å²) in [7, 11) is 1.61. The van der Waals surface area contributed by atoms with E-state index in [1.54, 1.807) is 13.3 Å². The summed E-state index contributed by atoms with van der Waals surface area (Å²) in [6.45, 7) is 5.90. The van der Waals surface area contributed by atoms with Gasteiger partial charge in [0.25, 0.3) is 5.91 Å². The lowest BCUT2D eigenvalue weighted by Gasteiger charge is -2.09. The maximum atomic E-state index is 12.0. The Morgan fingerprint density at radius 2 is 1.81 bits per heavy atom. The molecule has 1 aromatic carbocycles. The Kier molecular flexibility index (Phi) is 7.67. The highest BCUT2D eigenvalue weighted by molar-refractivity contribution is 5.91. The highest BCUT2D eigenvalue weighted by Gasteiger charge is 2.07. The van der Waals surface area contributed by atoms with Gasteiger partial charge in [-0.15, -0.1) is 0 Å². The molecule has 1 amide bonds.